The number of thiophene rings is 1. The van der Waals surface area contributed by atoms with Crippen LogP contribution < -0.4 is 10.6 Å². The molecule has 1 heterocycles. The number of Topliss-reactive ketones (excluding diaryl/α,β-unsaturated/α-hetero) is 1. The van der Waals surface area contributed by atoms with Gasteiger partial charge in [0.15, 0.2) is 5.78 Å². The Labute approximate surface area is 144 Å². The minimum atomic E-state index is -5.27. The highest BCUT2D eigenvalue weighted by Gasteiger charge is 2.41. The maximum atomic E-state index is 12.3. The summed E-state index contributed by atoms with van der Waals surface area (Å²) in [5.74, 6) is -5.54. The summed E-state index contributed by atoms with van der Waals surface area (Å²) >= 11 is 1.02. The lowest BCUT2D eigenvalue weighted by molar-refractivity contribution is -0.174. The Bertz CT molecular complexity index is 727. The van der Waals surface area contributed by atoms with Gasteiger partial charge in [0.2, 0.25) is 5.91 Å². The molecule has 0 bridgehead atoms. The highest BCUT2D eigenvalue weighted by Crippen LogP contribution is 2.32. The van der Waals surface area contributed by atoms with E-state index < -0.39 is 36.4 Å². The fourth-order valence-corrected chi connectivity index (χ4v) is 3.07. The number of aliphatic carboxylic acids is 1. The Hall–Kier alpha value is -2.43. The van der Waals surface area contributed by atoms with E-state index in [9.17, 15) is 32.3 Å². The van der Waals surface area contributed by atoms with E-state index in [0.29, 0.717) is 10.4 Å². The van der Waals surface area contributed by atoms with Crippen LogP contribution in [0.2, 0.25) is 0 Å². The Morgan fingerprint density at radius 2 is 1.76 bits per heavy atom. The Morgan fingerprint density at radius 3 is 2.20 bits per heavy atom. The second-order valence-corrected chi connectivity index (χ2v) is 6.38. The monoisotopic (exact) mass is 380 g/mol. The molecule has 0 aliphatic carbocycles. The zero-order valence-corrected chi connectivity index (χ0v) is 14.2. The summed E-state index contributed by atoms with van der Waals surface area (Å²) < 4.78 is 37.0. The second-order valence-electron chi connectivity index (χ2n) is 5.15. The molecule has 138 valence electrons. The van der Waals surface area contributed by atoms with Crippen molar-refractivity contribution in [3.05, 3.63) is 16.0 Å². The largest absolute Gasteiger partial charge is 0.481 e. The second kappa shape index (κ2) is 7.64. The summed E-state index contributed by atoms with van der Waals surface area (Å²) in [6.45, 7) is 4.57. The van der Waals surface area contributed by atoms with Crippen molar-refractivity contribution in [2.24, 2.45) is 0 Å². The van der Waals surface area contributed by atoms with Crippen LogP contribution in [0.4, 0.5) is 18.2 Å². The van der Waals surface area contributed by atoms with Crippen LogP contribution in [0.3, 0.4) is 0 Å². The van der Waals surface area contributed by atoms with Gasteiger partial charge >= 0.3 is 18.1 Å². The van der Waals surface area contributed by atoms with Gasteiger partial charge in [0.1, 0.15) is 11.0 Å². The number of nitrogens with one attached hydrogen (secondary N) is 2. The van der Waals surface area contributed by atoms with Crippen molar-refractivity contribution in [1.29, 1.82) is 0 Å². The van der Waals surface area contributed by atoms with Gasteiger partial charge in [-0.15, -0.1) is 11.3 Å². The topological polar surface area (TPSA) is 113 Å². The van der Waals surface area contributed by atoms with Gasteiger partial charge in [0.25, 0.3) is 0 Å². The van der Waals surface area contributed by atoms with E-state index in [2.05, 4.69) is 5.32 Å². The van der Waals surface area contributed by atoms with E-state index >= 15 is 0 Å². The Kier molecular flexibility index (Phi) is 6.30. The number of carboxylic acid groups (broad SMARTS) is 1. The standard InChI is InChI=1S/C14H15F3N2O5S/c1-5-7(3)25-12(10(5)6(2)20)19-11(23)8(4-9(21)22)18-13(24)14(15,16)17/h8H,4H2,1-3H3,(H,18,24)(H,19,23)(H,21,22)/t8-/m0/s1. The predicted octanol–water partition coefficient (Wildman–Crippen LogP) is 2.03. The third-order valence-electron chi connectivity index (χ3n) is 3.23. The summed E-state index contributed by atoms with van der Waals surface area (Å²) in [5, 5.41) is 12.4. The first-order valence-electron chi connectivity index (χ1n) is 6.85. The molecule has 0 fully saturated rings. The van der Waals surface area contributed by atoms with Crippen LogP contribution in [0.15, 0.2) is 0 Å². The average molecular weight is 380 g/mol. The number of hydrogen-bond acceptors (Lipinski definition) is 5. The maximum absolute atomic E-state index is 12.3. The molecule has 25 heavy (non-hydrogen) atoms. The van der Waals surface area contributed by atoms with Crippen LogP contribution >= 0.6 is 11.3 Å². The smallest absolute Gasteiger partial charge is 0.471 e. The molecule has 2 amide bonds. The van der Waals surface area contributed by atoms with Crippen molar-refractivity contribution in [3.8, 4) is 0 Å². The fourth-order valence-electron chi connectivity index (χ4n) is 1.96. The molecule has 0 unspecified atom stereocenters. The van der Waals surface area contributed by atoms with Crippen molar-refractivity contribution >= 4 is 39.9 Å². The fraction of sp³-hybridized carbons (Fsp3) is 0.429. The summed E-state index contributed by atoms with van der Waals surface area (Å²) in [6.07, 6.45) is -6.32. The molecule has 11 heteroatoms. The van der Waals surface area contributed by atoms with Crippen molar-refractivity contribution < 1.29 is 37.5 Å². The number of carbonyl (C=O) groups excluding carboxylic acids is 3. The van der Waals surface area contributed by atoms with E-state index in [1.807, 2.05) is 0 Å². The molecular formula is C14H15F3N2O5S. The molecule has 3 N–H and O–H groups in total. The van der Waals surface area contributed by atoms with Crippen LogP contribution in [0.1, 0.15) is 34.1 Å². The first-order valence-corrected chi connectivity index (χ1v) is 7.67. The molecule has 1 aromatic heterocycles. The van der Waals surface area contributed by atoms with Crippen LogP contribution in [-0.4, -0.2) is 40.9 Å². The number of carbonyl (C=O) groups is 4. The zero-order valence-electron chi connectivity index (χ0n) is 13.4. The lowest BCUT2D eigenvalue weighted by Gasteiger charge is -2.17. The third kappa shape index (κ3) is 5.28. The highest BCUT2D eigenvalue weighted by atomic mass is 32.1. The van der Waals surface area contributed by atoms with Crippen LogP contribution in [-0.2, 0) is 14.4 Å². The number of hydrogen-bond donors (Lipinski definition) is 3. The lowest BCUT2D eigenvalue weighted by Crippen LogP contribution is -2.49. The molecule has 0 aliphatic heterocycles. The summed E-state index contributed by atoms with van der Waals surface area (Å²) in [7, 11) is 0. The molecule has 0 saturated heterocycles. The lowest BCUT2D eigenvalue weighted by atomic mass is 10.1. The molecule has 7 nitrogen and oxygen atoms in total. The molecule has 0 aromatic carbocycles. The molecule has 1 aromatic rings. The van der Waals surface area contributed by atoms with Crippen molar-refractivity contribution in [2.45, 2.75) is 39.4 Å². The quantitative estimate of drug-likeness (QED) is 0.654. The van der Waals surface area contributed by atoms with Crippen LogP contribution in [0, 0.1) is 13.8 Å². The molecular weight excluding hydrogens is 365 g/mol. The van der Waals surface area contributed by atoms with Gasteiger partial charge in [-0.3, -0.25) is 19.2 Å². The summed E-state index contributed by atoms with van der Waals surface area (Å²) in [6, 6.07) is -1.95. The van der Waals surface area contributed by atoms with Gasteiger partial charge in [-0.2, -0.15) is 13.2 Å². The normalized spacial score (nSPS) is 12.4. The molecule has 1 atom stereocenters. The maximum Gasteiger partial charge on any atom is 0.471 e. The van der Waals surface area contributed by atoms with Crippen molar-refractivity contribution in [1.82, 2.24) is 5.32 Å². The predicted molar refractivity (Wildman–Crippen MR) is 82.7 cm³/mol. The average Bonchev–Trinajstić information content (AvgIpc) is 2.71. The number of anilines is 1. The van der Waals surface area contributed by atoms with Gasteiger partial charge in [-0.05, 0) is 26.3 Å². The number of alkyl halides is 3. The molecule has 0 saturated carbocycles. The van der Waals surface area contributed by atoms with Crippen molar-refractivity contribution in [2.75, 3.05) is 5.32 Å². The Morgan fingerprint density at radius 1 is 1.20 bits per heavy atom. The van der Waals surface area contributed by atoms with Gasteiger partial charge in [-0.25, -0.2) is 0 Å². The van der Waals surface area contributed by atoms with Gasteiger partial charge in [0.05, 0.1) is 12.0 Å². The molecule has 1 rings (SSSR count). The number of amides is 2. The van der Waals surface area contributed by atoms with Crippen LogP contribution in [0.5, 0.6) is 0 Å². The van der Waals surface area contributed by atoms with E-state index in [-0.39, 0.29) is 16.3 Å². The first kappa shape index (κ1) is 20.6. The minimum absolute atomic E-state index is 0.0872. The number of aryl methyl sites for hydroxylation is 1. The Balaban J connectivity index is 3.07. The number of carboxylic acids is 1. The van der Waals surface area contributed by atoms with E-state index in [0.717, 1.165) is 11.3 Å². The van der Waals surface area contributed by atoms with Gasteiger partial charge < -0.3 is 15.7 Å². The zero-order chi connectivity index (χ0) is 19.5. The van der Waals surface area contributed by atoms with E-state index in [1.54, 1.807) is 13.8 Å². The first-order chi connectivity index (χ1) is 11.3. The van der Waals surface area contributed by atoms with Crippen molar-refractivity contribution in [3.63, 3.8) is 0 Å². The summed E-state index contributed by atoms with van der Waals surface area (Å²) in [4.78, 5) is 46.3. The van der Waals surface area contributed by atoms with Crippen LogP contribution in [0.25, 0.3) is 0 Å². The molecule has 0 aliphatic rings. The third-order valence-corrected chi connectivity index (χ3v) is 4.35. The highest BCUT2D eigenvalue weighted by molar-refractivity contribution is 7.16. The minimum Gasteiger partial charge on any atom is -0.481 e. The van der Waals surface area contributed by atoms with Gasteiger partial charge in [0, 0.05) is 4.88 Å². The number of rotatable bonds is 6. The van der Waals surface area contributed by atoms with E-state index in [4.69, 9.17) is 5.11 Å². The number of ketones is 1. The number of halogens is 3. The molecule has 0 radical (unpaired) electrons. The SMILES string of the molecule is CC(=O)c1c(NC(=O)[C@H](CC(=O)O)NC(=O)C(F)(F)F)sc(C)c1C. The van der Waals surface area contributed by atoms with E-state index in [1.165, 1.54) is 12.2 Å². The summed E-state index contributed by atoms with van der Waals surface area (Å²) in [5.41, 5.74) is 0.786. The molecule has 0 spiro atoms. The van der Waals surface area contributed by atoms with Gasteiger partial charge in [-0.1, -0.05) is 0 Å².